The minimum atomic E-state index is 0.623. The van der Waals surface area contributed by atoms with Gasteiger partial charge in [-0.05, 0) is 69.1 Å². The average Bonchev–Trinajstić information content (AvgIpc) is 2.52. The van der Waals surface area contributed by atoms with Crippen LogP contribution in [0.2, 0.25) is 0 Å². The number of hydrogen-bond acceptors (Lipinski definition) is 2. The summed E-state index contributed by atoms with van der Waals surface area (Å²) in [7, 11) is 2.21. The van der Waals surface area contributed by atoms with E-state index in [0.29, 0.717) is 11.8 Å². The van der Waals surface area contributed by atoms with Gasteiger partial charge in [0.05, 0.1) is 0 Å². The van der Waals surface area contributed by atoms with Crippen LogP contribution >= 0.6 is 15.9 Å². The zero-order valence-electron chi connectivity index (χ0n) is 10.4. The maximum absolute atomic E-state index is 5.95. The van der Waals surface area contributed by atoms with Crippen molar-refractivity contribution in [1.82, 2.24) is 4.90 Å². The lowest BCUT2D eigenvalue weighted by Crippen LogP contribution is -2.22. The standard InChI is InChI=1S/C14H21BrN2/c1-17-8-6-12(10-16)14(7-9-17)11-2-4-13(15)5-3-11/h2-5,12,14H,6-10,16H2,1H3. The zero-order chi connectivity index (χ0) is 12.3. The van der Waals surface area contributed by atoms with Crippen molar-refractivity contribution in [2.75, 3.05) is 26.7 Å². The molecule has 2 nitrogen and oxygen atoms in total. The Morgan fingerprint density at radius 3 is 2.53 bits per heavy atom. The molecule has 94 valence electrons. The lowest BCUT2D eigenvalue weighted by molar-refractivity contribution is 0.342. The van der Waals surface area contributed by atoms with E-state index in [0.717, 1.165) is 11.0 Å². The summed E-state index contributed by atoms with van der Waals surface area (Å²) in [6.07, 6.45) is 2.44. The molecule has 2 atom stereocenters. The Morgan fingerprint density at radius 2 is 1.88 bits per heavy atom. The van der Waals surface area contributed by atoms with Crippen molar-refractivity contribution in [3.05, 3.63) is 34.3 Å². The van der Waals surface area contributed by atoms with Crippen LogP contribution in [0.1, 0.15) is 24.3 Å². The SMILES string of the molecule is CN1CCC(CN)C(c2ccc(Br)cc2)CC1. The average molecular weight is 297 g/mol. The van der Waals surface area contributed by atoms with E-state index in [1.807, 2.05) is 0 Å². The first-order chi connectivity index (χ1) is 8.20. The molecule has 17 heavy (non-hydrogen) atoms. The van der Waals surface area contributed by atoms with E-state index in [-0.39, 0.29) is 0 Å². The minimum absolute atomic E-state index is 0.623. The quantitative estimate of drug-likeness (QED) is 0.909. The summed E-state index contributed by atoms with van der Waals surface area (Å²) >= 11 is 3.49. The van der Waals surface area contributed by atoms with Crippen LogP contribution in [0.3, 0.4) is 0 Å². The van der Waals surface area contributed by atoms with Gasteiger partial charge in [-0.1, -0.05) is 28.1 Å². The number of likely N-dealkylation sites (tertiary alicyclic amines) is 1. The third-order valence-electron chi connectivity index (χ3n) is 3.87. The van der Waals surface area contributed by atoms with Crippen LogP contribution in [0.4, 0.5) is 0 Å². The minimum Gasteiger partial charge on any atom is -0.330 e. The molecule has 1 aromatic carbocycles. The Hall–Kier alpha value is -0.380. The molecule has 1 saturated heterocycles. The molecule has 1 aromatic rings. The van der Waals surface area contributed by atoms with Crippen LogP contribution < -0.4 is 5.73 Å². The monoisotopic (exact) mass is 296 g/mol. The molecule has 0 radical (unpaired) electrons. The predicted molar refractivity (Wildman–Crippen MR) is 76.2 cm³/mol. The zero-order valence-corrected chi connectivity index (χ0v) is 12.0. The number of benzene rings is 1. The van der Waals surface area contributed by atoms with Crippen molar-refractivity contribution in [3.8, 4) is 0 Å². The van der Waals surface area contributed by atoms with Crippen molar-refractivity contribution in [2.24, 2.45) is 11.7 Å². The first-order valence-corrected chi connectivity index (χ1v) is 7.14. The smallest absolute Gasteiger partial charge is 0.0175 e. The molecular formula is C14H21BrN2. The normalized spacial score (nSPS) is 26.8. The second-order valence-corrected chi connectivity index (χ2v) is 5.95. The molecule has 2 rings (SSSR count). The van der Waals surface area contributed by atoms with Gasteiger partial charge in [0.25, 0.3) is 0 Å². The number of nitrogens with zero attached hydrogens (tertiary/aromatic N) is 1. The summed E-state index contributed by atoms with van der Waals surface area (Å²) < 4.78 is 1.15. The molecule has 0 aromatic heterocycles. The van der Waals surface area contributed by atoms with Crippen LogP contribution in [0.15, 0.2) is 28.7 Å². The lowest BCUT2D eigenvalue weighted by Gasteiger charge is -2.23. The van der Waals surface area contributed by atoms with E-state index in [1.165, 1.54) is 31.5 Å². The van der Waals surface area contributed by atoms with Gasteiger partial charge in [-0.15, -0.1) is 0 Å². The first kappa shape index (κ1) is 13.1. The second kappa shape index (κ2) is 5.98. The largest absolute Gasteiger partial charge is 0.330 e. The third kappa shape index (κ3) is 3.30. The molecule has 0 spiro atoms. The van der Waals surface area contributed by atoms with Crippen molar-refractivity contribution in [3.63, 3.8) is 0 Å². The van der Waals surface area contributed by atoms with Crippen LogP contribution in [-0.4, -0.2) is 31.6 Å². The fourth-order valence-electron chi connectivity index (χ4n) is 2.73. The summed E-state index contributed by atoms with van der Waals surface area (Å²) in [6, 6.07) is 8.75. The van der Waals surface area contributed by atoms with Gasteiger partial charge in [0.1, 0.15) is 0 Å². The van der Waals surface area contributed by atoms with E-state index in [9.17, 15) is 0 Å². The van der Waals surface area contributed by atoms with E-state index >= 15 is 0 Å². The molecule has 2 N–H and O–H groups in total. The Kier molecular flexibility index (Phi) is 4.60. The van der Waals surface area contributed by atoms with Crippen molar-refractivity contribution in [2.45, 2.75) is 18.8 Å². The summed E-state index contributed by atoms with van der Waals surface area (Å²) in [5.74, 6) is 1.25. The van der Waals surface area contributed by atoms with Crippen molar-refractivity contribution < 1.29 is 0 Å². The lowest BCUT2D eigenvalue weighted by atomic mass is 9.82. The van der Waals surface area contributed by atoms with Crippen molar-refractivity contribution in [1.29, 1.82) is 0 Å². The van der Waals surface area contributed by atoms with Gasteiger partial charge in [0.15, 0.2) is 0 Å². The molecular weight excluding hydrogens is 276 g/mol. The molecule has 0 bridgehead atoms. The highest BCUT2D eigenvalue weighted by atomic mass is 79.9. The highest BCUT2D eigenvalue weighted by Gasteiger charge is 2.25. The van der Waals surface area contributed by atoms with E-state index < -0.39 is 0 Å². The molecule has 3 heteroatoms. The fourth-order valence-corrected chi connectivity index (χ4v) is 2.99. The van der Waals surface area contributed by atoms with Gasteiger partial charge in [-0.3, -0.25) is 0 Å². The fraction of sp³-hybridized carbons (Fsp3) is 0.571. The Morgan fingerprint density at radius 1 is 1.24 bits per heavy atom. The third-order valence-corrected chi connectivity index (χ3v) is 4.40. The van der Waals surface area contributed by atoms with Crippen LogP contribution in [0.25, 0.3) is 0 Å². The molecule has 0 amide bonds. The highest BCUT2D eigenvalue weighted by molar-refractivity contribution is 9.10. The summed E-state index contributed by atoms with van der Waals surface area (Å²) in [4.78, 5) is 2.42. The topological polar surface area (TPSA) is 29.3 Å². The van der Waals surface area contributed by atoms with Gasteiger partial charge in [0.2, 0.25) is 0 Å². The molecule has 0 aliphatic carbocycles. The van der Waals surface area contributed by atoms with E-state index in [1.54, 1.807) is 0 Å². The number of nitrogens with two attached hydrogens (primary N) is 1. The van der Waals surface area contributed by atoms with Crippen molar-refractivity contribution >= 4 is 15.9 Å². The highest BCUT2D eigenvalue weighted by Crippen LogP contribution is 2.33. The maximum atomic E-state index is 5.95. The molecule has 1 aliphatic heterocycles. The second-order valence-electron chi connectivity index (χ2n) is 5.03. The molecule has 1 heterocycles. The molecule has 0 saturated carbocycles. The first-order valence-electron chi connectivity index (χ1n) is 6.35. The van der Waals surface area contributed by atoms with Crippen LogP contribution in [0.5, 0.6) is 0 Å². The van der Waals surface area contributed by atoms with Gasteiger partial charge in [-0.25, -0.2) is 0 Å². The van der Waals surface area contributed by atoms with Gasteiger partial charge in [0, 0.05) is 4.47 Å². The van der Waals surface area contributed by atoms with Crippen LogP contribution in [-0.2, 0) is 0 Å². The van der Waals surface area contributed by atoms with Crippen LogP contribution in [0, 0.1) is 5.92 Å². The van der Waals surface area contributed by atoms with Gasteiger partial charge in [-0.2, -0.15) is 0 Å². The number of halogens is 1. The van der Waals surface area contributed by atoms with Gasteiger partial charge >= 0.3 is 0 Å². The summed E-state index contributed by atoms with van der Waals surface area (Å²) in [5.41, 5.74) is 7.39. The number of hydrogen-bond donors (Lipinski definition) is 1. The molecule has 1 aliphatic rings. The summed E-state index contributed by atoms with van der Waals surface area (Å²) in [5, 5.41) is 0. The number of rotatable bonds is 2. The molecule has 1 fully saturated rings. The molecule has 2 unspecified atom stereocenters. The van der Waals surface area contributed by atoms with Gasteiger partial charge < -0.3 is 10.6 Å². The Balaban J connectivity index is 2.18. The predicted octanol–water partition coefficient (Wildman–Crippen LogP) is 2.83. The summed E-state index contributed by atoms with van der Waals surface area (Å²) in [6.45, 7) is 3.15. The van der Waals surface area contributed by atoms with E-state index in [4.69, 9.17) is 5.73 Å². The van der Waals surface area contributed by atoms with E-state index in [2.05, 4.69) is 52.1 Å². The maximum Gasteiger partial charge on any atom is 0.0175 e. The Labute approximate surface area is 112 Å². The Bertz CT molecular complexity index is 350.